The molecule has 0 radical (unpaired) electrons. The number of nitrogens with zero attached hydrogens (tertiary/aromatic N) is 6. The lowest BCUT2D eigenvalue weighted by Gasteiger charge is -2.34. The highest BCUT2D eigenvalue weighted by Crippen LogP contribution is 2.44. The van der Waals surface area contributed by atoms with Gasteiger partial charge in [-0.05, 0) is 25.0 Å². The molecular formula is C24H34N8O. The van der Waals surface area contributed by atoms with E-state index in [0.29, 0.717) is 17.8 Å². The summed E-state index contributed by atoms with van der Waals surface area (Å²) in [6, 6.07) is 4.19. The first-order valence-electron chi connectivity index (χ1n) is 12.1. The number of carbonyl (C=O) groups is 1. The van der Waals surface area contributed by atoms with Gasteiger partial charge in [0, 0.05) is 64.0 Å². The van der Waals surface area contributed by atoms with Crippen LogP contribution in [0, 0.1) is 0 Å². The number of piperazine rings is 1. The van der Waals surface area contributed by atoms with E-state index in [1.54, 1.807) is 4.90 Å². The molecule has 9 heteroatoms. The van der Waals surface area contributed by atoms with Crippen molar-refractivity contribution >= 4 is 29.2 Å². The topological polar surface area (TPSA) is 89.5 Å². The molecule has 2 aromatic heterocycles. The third-order valence-electron chi connectivity index (χ3n) is 7.19. The smallest absolute Gasteiger partial charge is 0.245 e. The van der Waals surface area contributed by atoms with Gasteiger partial charge in [0.05, 0.1) is 11.9 Å². The molecule has 1 amide bonds. The quantitative estimate of drug-likeness (QED) is 0.718. The number of rotatable bonds is 5. The number of pyridine rings is 1. The normalized spacial score (nSPS) is 23.0. The van der Waals surface area contributed by atoms with Crippen LogP contribution >= 0.6 is 0 Å². The van der Waals surface area contributed by atoms with Crippen molar-refractivity contribution in [1.82, 2.24) is 25.2 Å². The molecule has 1 saturated carbocycles. The Hall–Kier alpha value is -2.94. The first-order valence-corrected chi connectivity index (χ1v) is 12.1. The molecule has 2 N–H and O–H groups in total. The fraction of sp³-hybridized carbons (Fsp3) is 0.583. The van der Waals surface area contributed by atoms with Gasteiger partial charge in [-0.25, -0.2) is 9.97 Å². The Bertz CT molecular complexity index is 982. The van der Waals surface area contributed by atoms with Crippen LogP contribution in [-0.4, -0.2) is 78.1 Å². The van der Waals surface area contributed by atoms with Crippen molar-refractivity contribution in [3.8, 4) is 0 Å². The van der Waals surface area contributed by atoms with Gasteiger partial charge < -0.3 is 25.3 Å². The fourth-order valence-electron chi connectivity index (χ4n) is 5.38. The highest BCUT2D eigenvalue weighted by Gasteiger charge is 2.46. The molecule has 2 aliphatic heterocycles. The maximum atomic E-state index is 13.1. The van der Waals surface area contributed by atoms with Gasteiger partial charge in [0.1, 0.15) is 17.7 Å². The molecule has 33 heavy (non-hydrogen) atoms. The average molecular weight is 451 g/mol. The number of likely N-dealkylation sites (N-methyl/N-ethyl adjacent to an activating group) is 1. The number of fused-ring (bicyclic) bond motifs is 1. The highest BCUT2D eigenvalue weighted by atomic mass is 16.2. The minimum absolute atomic E-state index is 0.0565. The molecule has 2 atom stereocenters. The van der Waals surface area contributed by atoms with Crippen molar-refractivity contribution in [2.45, 2.75) is 50.6 Å². The van der Waals surface area contributed by atoms with E-state index in [1.807, 2.05) is 32.6 Å². The molecule has 1 aliphatic carbocycles. The molecule has 1 saturated heterocycles. The summed E-state index contributed by atoms with van der Waals surface area (Å²) in [5, 5.41) is 6.64. The molecule has 9 nitrogen and oxygen atoms in total. The summed E-state index contributed by atoms with van der Waals surface area (Å²) < 4.78 is 0. The Morgan fingerprint density at radius 1 is 1.12 bits per heavy atom. The van der Waals surface area contributed by atoms with Crippen LogP contribution in [-0.2, 0) is 4.79 Å². The Kier molecular flexibility index (Phi) is 6.05. The number of carbonyl (C=O) groups excluding carboxylic acids is 1. The predicted molar refractivity (Wildman–Crippen MR) is 130 cm³/mol. The first-order chi connectivity index (χ1) is 16.0. The largest absolute Gasteiger partial charge is 0.368 e. The summed E-state index contributed by atoms with van der Waals surface area (Å²) in [4.78, 5) is 33.5. The van der Waals surface area contributed by atoms with Gasteiger partial charge in [0.2, 0.25) is 11.9 Å². The van der Waals surface area contributed by atoms with Gasteiger partial charge in [0.15, 0.2) is 0 Å². The van der Waals surface area contributed by atoms with E-state index < -0.39 is 0 Å². The van der Waals surface area contributed by atoms with Crippen LogP contribution < -0.4 is 20.4 Å². The Morgan fingerprint density at radius 3 is 2.55 bits per heavy atom. The molecule has 5 rings (SSSR count). The van der Waals surface area contributed by atoms with Crippen LogP contribution in [0.2, 0.25) is 0 Å². The van der Waals surface area contributed by atoms with Gasteiger partial charge in [-0.1, -0.05) is 19.8 Å². The van der Waals surface area contributed by atoms with Crippen molar-refractivity contribution in [1.29, 1.82) is 0 Å². The lowest BCUT2D eigenvalue weighted by Crippen LogP contribution is -2.49. The predicted octanol–water partition coefficient (Wildman–Crippen LogP) is 2.35. The molecule has 2 fully saturated rings. The van der Waals surface area contributed by atoms with E-state index in [4.69, 9.17) is 4.98 Å². The molecular weight excluding hydrogens is 416 g/mol. The number of amides is 1. The Labute approximate surface area is 195 Å². The summed E-state index contributed by atoms with van der Waals surface area (Å²) in [7, 11) is 3.67. The van der Waals surface area contributed by atoms with Gasteiger partial charge in [-0.3, -0.25) is 4.79 Å². The standard InChI is InChI=1S/C24H34N8O/c1-16-19-15-27-24(28-20-9-8-18(14-26-20)31-12-10-25-11-13-31)29-22(19)32(17-6-4-5-7-17)21(16)23(33)30(2)3/h8-9,14-17,21,25H,4-7,10-13H2,1-3H3,(H,26,27,28,29). The van der Waals surface area contributed by atoms with Gasteiger partial charge >= 0.3 is 0 Å². The zero-order chi connectivity index (χ0) is 22.9. The second-order valence-corrected chi connectivity index (χ2v) is 9.55. The molecule has 0 spiro atoms. The Balaban J connectivity index is 1.39. The van der Waals surface area contributed by atoms with Crippen molar-refractivity contribution < 1.29 is 4.79 Å². The first kappa shape index (κ1) is 21.9. The summed E-state index contributed by atoms with van der Waals surface area (Å²) in [6.45, 7) is 6.09. The molecule has 0 aromatic carbocycles. The number of hydrogen-bond donors (Lipinski definition) is 2. The van der Waals surface area contributed by atoms with Crippen LogP contribution in [0.25, 0.3) is 0 Å². The molecule has 0 bridgehead atoms. The van der Waals surface area contributed by atoms with Crippen LogP contribution in [0.4, 0.5) is 23.3 Å². The number of nitrogens with one attached hydrogen (secondary N) is 2. The van der Waals surface area contributed by atoms with Crippen LogP contribution in [0.15, 0.2) is 24.5 Å². The van der Waals surface area contributed by atoms with E-state index in [1.165, 1.54) is 12.8 Å². The summed E-state index contributed by atoms with van der Waals surface area (Å²) in [5.41, 5.74) is 2.18. The lowest BCUT2D eigenvalue weighted by molar-refractivity contribution is -0.130. The monoisotopic (exact) mass is 450 g/mol. The van der Waals surface area contributed by atoms with E-state index >= 15 is 0 Å². The SMILES string of the molecule is CC1c2cnc(Nc3ccc(N4CCNCC4)cn3)nc2N(C2CCCC2)C1C(=O)N(C)C. The third kappa shape index (κ3) is 4.21. The second kappa shape index (κ2) is 9.13. The Morgan fingerprint density at radius 2 is 1.88 bits per heavy atom. The van der Waals surface area contributed by atoms with Crippen LogP contribution in [0.3, 0.4) is 0 Å². The van der Waals surface area contributed by atoms with Crippen LogP contribution in [0.5, 0.6) is 0 Å². The molecule has 2 unspecified atom stereocenters. The average Bonchev–Trinajstić information content (AvgIpc) is 3.46. The fourth-order valence-corrected chi connectivity index (χ4v) is 5.38. The summed E-state index contributed by atoms with van der Waals surface area (Å²) >= 11 is 0. The number of anilines is 4. The highest BCUT2D eigenvalue weighted by molar-refractivity contribution is 5.89. The van der Waals surface area contributed by atoms with Crippen molar-refractivity contribution in [3.05, 3.63) is 30.1 Å². The molecule has 4 heterocycles. The maximum absolute atomic E-state index is 13.1. The zero-order valence-electron chi connectivity index (χ0n) is 19.8. The van der Waals surface area contributed by atoms with E-state index in [0.717, 1.165) is 56.1 Å². The third-order valence-corrected chi connectivity index (χ3v) is 7.19. The van der Waals surface area contributed by atoms with Gasteiger partial charge in [0.25, 0.3) is 0 Å². The van der Waals surface area contributed by atoms with Crippen molar-refractivity contribution in [3.63, 3.8) is 0 Å². The maximum Gasteiger partial charge on any atom is 0.245 e. The summed E-state index contributed by atoms with van der Waals surface area (Å²) in [6.07, 6.45) is 8.39. The zero-order valence-corrected chi connectivity index (χ0v) is 19.8. The van der Waals surface area contributed by atoms with Gasteiger partial charge in [-0.2, -0.15) is 4.98 Å². The van der Waals surface area contributed by atoms with E-state index in [2.05, 4.69) is 43.4 Å². The molecule has 2 aromatic rings. The van der Waals surface area contributed by atoms with E-state index in [9.17, 15) is 4.79 Å². The minimum atomic E-state index is -0.223. The number of hydrogen-bond acceptors (Lipinski definition) is 8. The van der Waals surface area contributed by atoms with Crippen molar-refractivity contribution in [2.24, 2.45) is 0 Å². The van der Waals surface area contributed by atoms with Gasteiger partial charge in [-0.15, -0.1) is 0 Å². The van der Waals surface area contributed by atoms with E-state index in [-0.39, 0.29) is 17.9 Å². The van der Waals surface area contributed by atoms with Crippen LogP contribution in [0.1, 0.15) is 44.1 Å². The second-order valence-electron chi connectivity index (χ2n) is 9.55. The molecule has 176 valence electrons. The number of aromatic nitrogens is 3. The lowest BCUT2D eigenvalue weighted by atomic mass is 9.97. The minimum Gasteiger partial charge on any atom is -0.368 e. The summed E-state index contributed by atoms with van der Waals surface area (Å²) in [5.74, 6) is 2.31. The molecule has 3 aliphatic rings. The van der Waals surface area contributed by atoms with Crippen molar-refractivity contribution in [2.75, 3.05) is 55.4 Å².